The number of fused-ring (bicyclic) bond motifs is 5. The molecule has 0 aromatic heterocycles. The second-order valence-corrected chi connectivity index (χ2v) is 10.2. The Hall–Kier alpha value is -1.99. The molecule has 7 heteroatoms. The summed E-state index contributed by atoms with van der Waals surface area (Å²) in [5.41, 5.74) is 1.24. The molecule has 0 saturated carbocycles. The van der Waals surface area contributed by atoms with Crippen LogP contribution in [-0.4, -0.2) is 54.8 Å². The molecule has 0 unspecified atom stereocenters. The Labute approximate surface area is 185 Å². The molecule has 3 aliphatic rings. The molecule has 4 rings (SSSR count). The van der Waals surface area contributed by atoms with E-state index < -0.39 is 23.3 Å². The van der Waals surface area contributed by atoms with Crippen LogP contribution in [0.15, 0.2) is 28.7 Å². The minimum atomic E-state index is -0.659. The minimum absolute atomic E-state index is 0.0101. The number of anilines is 1. The first kappa shape index (κ1) is 21.2. The molecule has 2 saturated heterocycles. The van der Waals surface area contributed by atoms with Gasteiger partial charge >= 0.3 is 0 Å². The maximum Gasteiger partial charge on any atom is 0.235 e. The van der Waals surface area contributed by atoms with Crippen LogP contribution >= 0.6 is 15.9 Å². The number of halogens is 1. The van der Waals surface area contributed by atoms with E-state index in [4.69, 9.17) is 4.74 Å². The standard InChI is InChI=1S/C23H27BrN2O4/c1-23(2,3)20(27)19-18-17(21(28)25(22(18)29)10-5-11-30-4)16-8-6-13-12-14(24)7-9-15(13)26(16)19/h6-9,12,16-19H,5,10-11H2,1-4H3/t16-,17+,18+,19-/m1/s1. The van der Waals surface area contributed by atoms with E-state index in [1.165, 1.54) is 4.90 Å². The minimum Gasteiger partial charge on any atom is -0.385 e. The summed E-state index contributed by atoms with van der Waals surface area (Å²) < 4.78 is 6.02. The summed E-state index contributed by atoms with van der Waals surface area (Å²) in [5.74, 6) is -1.61. The van der Waals surface area contributed by atoms with Gasteiger partial charge in [-0.15, -0.1) is 0 Å². The van der Waals surface area contributed by atoms with E-state index in [0.717, 1.165) is 15.7 Å². The summed E-state index contributed by atoms with van der Waals surface area (Å²) in [6, 6.07) is 4.93. The van der Waals surface area contributed by atoms with Gasteiger partial charge in [0.1, 0.15) is 6.04 Å². The van der Waals surface area contributed by atoms with Gasteiger partial charge in [-0.1, -0.05) is 48.9 Å². The van der Waals surface area contributed by atoms with E-state index in [2.05, 4.69) is 15.9 Å². The molecule has 160 valence electrons. The number of methoxy groups -OCH3 is 1. The molecule has 3 aliphatic heterocycles. The predicted molar refractivity (Wildman–Crippen MR) is 118 cm³/mol. The second kappa shape index (κ2) is 7.61. The Kier molecular flexibility index (Phi) is 5.39. The third kappa shape index (κ3) is 3.23. The van der Waals surface area contributed by atoms with Crippen molar-refractivity contribution in [3.8, 4) is 0 Å². The van der Waals surface area contributed by atoms with Crippen LogP contribution in [0, 0.1) is 17.3 Å². The number of rotatable bonds is 5. The molecule has 30 heavy (non-hydrogen) atoms. The second-order valence-electron chi connectivity index (χ2n) is 9.25. The third-order valence-corrected chi connectivity index (χ3v) is 6.79. The molecular weight excluding hydrogens is 448 g/mol. The van der Waals surface area contributed by atoms with Crippen molar-refractivity contribution in [1.82, 2.24) is 4.90 Å². The Morgan fingerprint density at radius 1 is 1.17 bits per heavy atom. The average molecular weight is 475 g/mol. The third-order valence-electron chi connectivity index (χ3n) is 6.30. The van der Waals surface area contributed by atoms with E-state index >= 15 is 0 Å². The van der Waals surface area contributed by atoms with Gasteiger partial charge in [0.2, 0.25) is 11.8 Å². The van der Waals surface area contributed by atoms with E-state index in [0.29, 0.717) is 19.6 Å². The topological polar surface area (TPSA) is 66.9 Å². The average Bonchev–Trinajstić information content (AvgIpc) is 3.15. The Morgan fingerprint density at radius 3 is 2.53 bits per heavy atom. The van der Waals surface area contributed by atoms with Crippen LogP contribution in [0.1, 0.15) is 32.8 Å². The summed E-state index contributed by atoms with van der Waals surface area (Å²) in [4.78, 5) is 43.7. The number of hydrogen-bond donors (Lipinski definition) is 0. The number of hydrogen-bond acceptors (Lipinski definition) is 5. The van der Waals surface area contributed by atoms with Crippen molar-refractivity contribution in [1.29, 1.82) is 0 Å². The van der Waals surface area contributed by atoms with Crippen molar-refractivity contribution in [3.05, 3.63) is 34.3 Å². The van der Waals surface area contributed by atoms with Gasteiger partial charge in [0.15, 0.2) is 5.78 Å². The summed E-state index contributed by atoms with van der Waals surface area (Å²) >= 11 is 3.50. The molecule has 1 aromatic rings. The van der Waals surface area contributed by atoms with Gasteiger partial charge in [0.05, 0.1) is 17.9 Å². The zero-order valence-corrected chi connectivity index (χ0v) is 19.3. The van der Waals surface area contributed by atoms with Gasteiger partial charge in [-0.2, -0.15) is 0 Å². The monoisotopic (exact) mass is 474 g/mol. The summed E-state index contributed by atoms with van der Waals surface area (Å²) in [5, 5.41) is 0. The Morgan fingerprint density at radius 2 is 1.87 bits per heavy atom. The fourth-order valence-corrected chi connectivity index (χ4v) is 5.32. The molecule has 0 radical (unpaired) electrons. The van der Waals surface area contributed by atoms with E-state index in [-0.39, 0.29) is 23.6 Å². The molecule has 4 atom stereocenters. The van der Waals surface area contributed by atoms with Gasteiger partial charge in [0, 0.05) is 35.8 Å². The van der Waals surface area contributed by atoms with Gasteiger partial charge in [-0.05, 0) is 30.2 Å². The molecule has 0 spiro atoms. The van der Waals surface area contributed by atoms with Gasteiger partial charge < -0.3 is 9.64 Å². The number of ketones is 1. The first-order valence-electron chi connectivity index (χ1n) is 10.3. The number of imide groups is 1. The number of amides is 2. The van der Waals surface area contributed by atoms with Crippen molar-refractivity contribution < 1.29 is 19.1 Å². The lowest BCUT2D eigenvalue weighted by Gasteiger charge is -2.38. The van der Waals surface area contributed by atoms with Gasteiger partial charge in [0.25, 0.3) is 0 Å². The Balaban J connectivity index is 1.78. The maximum atomic E-state index is 13.6. The highest BCUT2D eigenvalue weighted by atomic mass is 79.9. The molecule has 6 nitrogen and oxygen atoms in total. The van der Waals surface area contributed by atoms with Crippen LogP contribution < -0.4 is 4.90 Å². The number of carbonyl (C=O) groups excluding carboxylic acids is 3. The van der Waals surface area contributed by atoms with Crippen LogP contribution in [0.25, 0.3) is 6.08 Å². The molecular formula is C23H27BrN2O4. The van der Waals surface area contributed by atoms with Crippen LogP contribution in [0.3, 0.4) is 0 Å². The largest absolute Gasteiger partial charge is 0.385 e. The molecule has 0 bridgehead atoms. The van der Waals surface area contributed by atoms with Crippen molar-refractivity contribution in [2.75, 3.05) is 25.2 Å². The van der Waals surface area contributed by atoms with Crippen molar-refractivity contribution in [2.24, 2.45) is 17.3 Å². The van der Waals surface area contributed by atoms with E-state index in [9.17, 15) is 14.4 Å². The van der Waals surface area contributed by atoms with Crippen LogP contribution in [0.4, 0.5) is 5.69 Å². The number of benzene rings is 1. The van der Waals surface area contributed by atoms with Crippen LogP contribution in [-0.2, 0) is 19.1 Å². The normalized spacial score (nSPS) is 27.4. The predicted octanol–water partition coefficient (Wildman–Crippen LogP) is 3.29. The SMILES string of the molecule is COCCCN1C(=O)[C@@H]2[C@H](C1=O)[C@H](C(=O)C(C)(C)C)N1c3ccc(Br)cc3C=C[C@H]21. The van der Waals surface area contributed by atoms with Crippen molar-refractivity contribution in [3.63, 3.8) is 0 Å². The lowest BCUT2D eigenvalue weighted by atomic mass is 9.79. The lowest BCUT2D eigenvalue weighted by molar-refractivity contribution is -0.142. The highest BCUT2D eigenvalue weighted by Crippen LogP contribution is 2.50. The van der Waals surface area contributed by atoms with Gasteiger partial charge in [-0.25, -0.2) is 0 Å². The molecule has 0 aliphatic carbocycles. The Bertz CT molecular complexity index is 936. The molecule has 2 amide bonds. The van der Waals surface area contributed by atoms with Crippen LogP contribution in [0.5, 0.6) is 0 Å². The van der Waals surface area contributed by atoms with E-state index in [1.807, 2.05) is 56.0 Å². The summed E-state index contributed by atoms with van der Waals surface area (Å²) in [6.45, 7) is 6.43. The molecule has 2 fully saturated rings. The van der Waals surface area contributed by atoms with Gasteiger partial charge in [-0.3, -0.25) is 19.3 Å². The molecule has 1 aromatic carbocycles. The van der Waals surface area contributed by atoms with Crippen molar-refractivity contribution >= 4 is 45.3 Å². The number of likely N-dealkylation sites (tertiary alicyclic amines) is 1. The zero-order chi connectivity index (χ0) is 21.8. The zero-order valence-electron chi connectivity index (χ0n) is 17.7. The summed E-state index contributed by atoms with van der Waals surface area (Å²) in [7, 11) is 1.60. The number of ether oxygens (including phenoxy) is 1. The number of Topliss-reactive ketones (excluding diaryl/α,β-unsaturated/α-hetero) is 1. The lowest BCUT2D eigenvalue weighted by Crippen LogP contribution is -2.51. The van der Waals surface area contributed by atoms with E-state index in [1.54, 1.807) is 7.11 Å². The highest BCUT2D eigenvalue weighted by Gasteiger charge is 2.64. The first-order valence-corrected chi connectivity index (χ1v) is 11.1. The summed E-state index contributed by atoms with van der Waals surface area (Å²) in [6.07, 6.45) is 4.56. The highest BCUT2D eigenvalue weighted by molar-refractivity contribution is 9.10. The number of carbonyl (C=O) groups is 3. The van der Waals surface area contributed by atoms with Crippen molar-refractivity contribution in [2.45, 2.75) is 39.3 Å². The number of nitrogens with zero attached hydrogens (tertiary/aromatic N) is 2. The quantitative estimate of drug-likeness (QED) is 0.483. The first-order chi connectivity index (χ1) is 14.2. The van der Waals surface area contributed by atoms with Crippen LogP contribution in [0.2, 0.25) is 0 Å². The fraction of sp³-hybridized carbons (Fsp3) is 0.522. The maximum absolute atomic E-state index is 13.6. The molecule has 3 heterocycles. The smallest absolute Gasteiger partial charge is 0.235 e. The molecule has 0 N–H and O–H groups in total. The fourth-order valence-electron chi connectivity index (χ4n) is 4.94.